The summed E-state index contributed by atoms with van der Waals surface area (Å²) in [6.45, 7) is 7.06. The molecule has 1 heterocycles. The maximum Gasteiger partial charge on any atom is 0.142 e. The van der Waals surface area contributed by atoms with E-state index in [-0.39, 0.29) is 12.2 Å². The SMILES string of the molecule is CCCOc1ccc(Cl)cc1NC1CC(C)OC(C)C1. The molecule has 1 aliphatic heterocycles. The third-order valence-corrected chi connectivity index (χ3v) is 3.70. The Morgan fingerprint density at radius 3 is 2.65 bits per heavy atom. The lowest BCUT2D eigenvalue weighted by Crippen LogP contribution is -2.37. The number of hydrogen-bond donors (Lipinski definition) is 1. The van der Waals surface area contributed by atoms with Gasteiger partial charge in [-0.1, -0.05) is 18.5 Å². The third kappa shape index (κ3) is 4.29. The summed E-state index contributed by atoms with van der Waals surface area (Å²) in [4.78, 5) is 0. The molecule has 2 unspecified atom stereocenters. The highest BCUT2D eigenvalue weighted by Crippen LogP contribution is 2.31. The van der Waals surface area contributed by atoms with Gasteiger partial charge in [0.15, 0.2) is 0 Å². The summed E-state index contributed by atoms with van der Waals surface area (Å²) >= 11 is 6.11. The van der Waals surface area contributed by atoms with Crippen LogP contribution in [0.25, 0.3) is 0 Å². The van der Waals surface area contributed by atoms with Crippen LogP contribution in [0.15, 0.2) is 18.2 Å². The molecule has 2 rings (SSSR count). The first-order chi connectivity index (χ1) is 9.58. The lowest BCUT2D eigenvalue weighted by Gasteiger charge is -2.33. The van der Waals surface area contributed by atoms with E-state index in [9.17, 15) is 0 Å². The van der Waals surface area contributed by atoms with Crippen LogP contribution in [0.1, 0.15) is 40.0 Å². The van der Waals surface area contributed by atoms with E-state index >= 15 is 0 Å². The Bertz CT molecular complexity index is 428. The highest BCUT2D eigenvalue weighted by molar-refractivity contribution is 6.30. The van der Waals surface area contributed by atoms with E-state index in [1.807, 2.05) is 18.2 Å². The molecule has 1 saturated heterocycles. The Kier molecular flexibility index (Phi) is 5.55. The summed E-state index contributed by atoms with van der Waals surface area (Å²) < 4.78 is 11.6. The lowest BCUT2D eigenvalue weighted by atomic mass is 9.99. The van der Waals surface area contributed by atoms with Crippen molar-refractivity contribution < 1.29 is 9.47 Å². The van der Waals surface area contributed by atoms with Crippen LogP contribution in [0, 0.1) is 0 Å². The second-order valence-corrected chi connectivity index (χ2v) is 6.00. The van der Waals surface area contributed by atoms with Gasteiger partial charge in [0.1, 0.15) is 5.75 Å². The third-order valence-electron chi connectivity index (χ3n) is 3.46. The molecule has 0 amide bonds. The molecular weight excluding hydrogens is 274 g/mol. The monoisotopic (exact) mass is 297 g/mol. The van der Waals surface area contributed by atoms with E-state index in [2.05, 4.69) is 26.1 Å². The van der Waals surface area contributed by atoms with E-state index in [1.165, 1.54) is 0 Å². The van der Waals surface area contributed by atoms with Gasteiger partial charge in [-0.05, 0) is 51.3 Å². The minimum atomic E-state index is 0.287. The second-order valence-electron chi connectivity index (χ2n) is 5.56. The van der Waals surface area contributed by atoms with Gasteiger partial charge in [0.05, 0.1) is 24.5 Å². The molecule has 0 bridgehead atoms. The van der Waals surface area contributed by atoms with Gasteiger partial charge >= 0.3 is 0 Å². The van der Waals surface area contributed by atoms with Crippen molar-refractivity contribution in [1.82, 2.24) is 0 Å². The molecule has 1 aromatic carbocycles. The molecular formula is C16H24ClNO2. The topological polar surface area (TPSA) is 30.5 Å². The highest BCUT2D eigenvalue weighted by atomic mass is 35.5. The van der Waals surface area contributed by atoms with Crippen LogP contribution in [-0.4, -0.2) is 24.9 Å². The Hall–Kier alpha value is -0.930. The molecule has 1 aromatic rings. The minimum Gasteiger partial charge on any atom is -0.491 e. The van der Waals surface area contributed by atoms with Gasteiger partial charge < -0.3 is 14.8 Å². The average Bonchev–Trinajstić information content (AvgIpc) is 2.36. The Labute approximate surface area is 126 Å². The molecule has 2 atom stereocenters. The number of hydrogen-bond acceptors (Lipinski definition) is 3. The predicted molar refractivity (Wildman–Crippen MR) is 83.9 cm³/mol. The summed E-state index contributed by atoms with van der Waals surface area (Å²) in [5.74, 6) is 0.878. The van der Waals surface area contributed by atoms with Gasteiger partial charge in [0.2, 0.25) is 0 Å². The second kappa shape index (κ2) is 7.19. The summed E-state index contributed by atoms with van der Waals surface area (Å²) in [7, 11) is 0. The normalized spacial score (nSPS) is 26.3. The zero-order chi connectivity index (χ0) is 14.5. The molecule has 4 heteroatoms. The zero-order valence-corrected chi connectivity index (χ0v) is 13.2. The van der Waals surface area contributed by atoms with E-state index in [1.54, 1.807) is 0 Å². The van der Waals surface area contributed by atoms with Gasteiger partial charge in [-0.25, -0.2) is 0 Å². The summed E-state index contributed by atoms with van der Waals surface area (Å²) in [6.07, 6.45) is 3.58. The van der Waals surface area contributed by atoms with Crippen LogP contribution in [0.5, 0.6) is 5.75 Å². The summed E-state index contributed by atoms with van der Waals surface area (Å²) in [5, 5.41) is 4.30. The fraction of sp³-hybridized carbons (Fsp3) is 0.625. The highest BCUT2D eigenvalue weighted by Gasteiger charge is 2.25. The van der Waals surface area contributed by atoms with Crippen molar-refractivity contribution >= 4 is 17.3 Å². The zero-order valence-electron chi connectivity index (χ0n) is 12.5. The molecule has 0 aliphatic carbocycles. The van der Waals surface area contributed by atoms with Crippen molar-refractivity contribution in [1.29, 1.82) is 0 Å². The molecule has 1 aliphatic rings. The van der Waals surface area contributed by atoms with E-state index in [0.29, 0.717) is 6.04 Å². The van der Waals surface area contributed by atoms with Crippen molar-refractivity contribution in [3.8, 4) is 5.75 Å². The summed E-state index contributed by atoms with van der Waals surface area (Å²) in [5.41, 5.74) is 0.984. The smallest absolute Gasteiger partial charge is 0.142 e. The molecule has 0 saturated carbocycles. The van der Waals surface area contributed by atoms with Gasteiger partial charge in [0, 0.05) is 11.1 Å². The number of rotatable bonds is 5. The van der Waals surface area contributed by atoms with Crippen LogP contribution in [-0.2, 0) is 4.74 Å². The van der Waals surface area contributed by atoms with Gasteiger partial charge in [-0.2, -0.15) is 0 Å². The average molecular weight is 298 g/mol. The molecule has 20 heavy (non-hydrogen) atoms. The largest absolute Gasteiger partial charge is 0.491 e. The van der Waals surface area contributed by atoms with Crippen LogP contribution in [0.4, 0.5) is 5.69 Å². The molecule has 0 spiro atoms. The van der Waals surface area contributed by atoms with Crippen molar-refractivity contribution in [3.05, 3.63) is 23.2 Å². The molecule has 0 radical (unpaired) electrons. The fourth-order valence-electron chi connectivity index (χ4n) is 2.70. The summed E-state index contributed by atoms with van der Waals surface area (Å²) in [6, 6.07) is 6.15. The number of ether oxygens (including phenoxy) is 2. The first-order valence-corrected chi connectivity index (χ1v) is 7.80. The lowest BCUT2D eigenvalue weighted by molar-refractivity contribution is -0.0338. The van der Waals surface area contributed by atoms with Crippen LogP contribution in [0.3, 0.4) is 0 Å². The number of anilines is 1. The van der Waals surface area contributed by atoms with Crippen LogP contribution in [0.2, 0.25) is 5.02 Å². The number of halogens is 1. The van der Waals surface area contributed by atoms with Gasteiger partial charge in [-0.15, -0.1) is 0 Å². The van der Waals surface area contributed by atoms with E-state index in [0.717, 1.165) is 42.3 Å². The fourth-order valence-corrected chi connectivity index (χ4v) is 2.87. The molecule has 112 valence electrons. The maximum atomic E-state index is 6.11. The maximum absolute atomic E-state index is 6.11. The van der Waals surface area contributed by atoms with Crippen molar-refractivity contribution in [2.45, 2.75) is 58.3 Å². The van der Waals surface area contributed by atoms with Crippen molar-refractivity contribution in [2.24, 2.45) is 0 Å². The number of nitrogens with one attached hydrogen (secondary N) is 1. The van der Waals surface area contributed by atoms with Gasteiger partial charge in [0.25, 0.3) is 0 Å². The molecule has 3 nitrogen and oxygen atoms in total. The predicted octanol–water partition coefficient (Wildman–Crippen LogP) is 4.50. The quantitative estimate of drug-likeness (QED) is 0.868. The molecule has 1 N–H and O–H groups in total. The standard InChI is InChI=1S/C16H24ClNO2/c1-4-7-19-16-6-5-13(17)10-15(16)18-14-8-11(2)20-12(3)9-14/h5-6,10-12,14,18H,4,7-9H2,1-3H3. The number of benzene rings is 1. The van der Waals surface area contributed by atoms with E-state index in [4.69, 9.17) is 21.1 Å². The van der Waals surface area contributed by atoms with Crippen LogP contribution >= 0.6 is 11.6 Å². The first kappa shape index (κ1) is 15.5. The van der Waals surface area contributed by atoms with E-state index < -0.39 is 0 Å². The van der Waals surface area contributed by atoms with Crippen molar-refractivity contribution in [3.63, 3.8) is 0 Å². The minimum absolute atomic E-state index is 0.287. The van der Waals surface area contributed by atoms with Gasteiger partial charge in [-0.3, -0.25) is 0 Å². The van der Waals surface area contributed by atoms with Crippen LogP contribution < -0.4 is 10.1 Å². The Balaban J connectivity index is 2.08. The van der Waals surface area contributed by atoms with Crippen molar-refractivity contribution in [2.75, 3.05) is 11.9 Å². The molecule has 1 fully saturated rings. The Morgan fingerprint density at radius 2 is 2.00 bits per heavy atom. The Morgan fingerprint density at radius 1 is 1.30 bits per heavy atom. The first-order valence-electron chi connectivity index (χ1n) is 7.42. The molecule has 0 aromatic heterocycles.